The molecule has 1 heterocycles. The van der Waals surface area contributed by atoms with Gasteiger partial charge >= 0.3 is 6.03 Å². The lowest BCUT2D eigenvalue weighted by Gasteiger charge is -2.26. The van der Waals surface area contributed by atoms with Crippen molar-refractivity contribution in [3.05, 3.63) is 64.7 Å². The van der Waals surface area contributed by atoms with Crippen LogP contribution in [0.1, 0.15) is 34.6 Å². The van der Waals surface area contributed by atoms with Crippen LogP contribution in [0.2, 0.25) is 0 Å². The molecule has 1 saturated heterocycles. The Balaban J connectivity index is 1.81. The van der Waals surface area contributed by atoms with Gasteiger partial charge in [0.05, 0.1) is 0 Å². The molecule has 4 heteroatoms. The van der Waals surface area contributed by atoms with Gasteiger partial charge in [-0.3, -0.25) is 0 Å². The second kappa shape index (κ2) is 7.31. The molecular formula is C20H24N2OS. The summed E-state index contributed by atoms with van der Waals surface area (Å²) in [6.45, 7) is 7.12. The van der Waals surface area contributed by atoms with E-state index in [1.54, 1.807) is 0 Å². The van der Waals surface area contributed by atoms with Crippen molar-refractivity contribution >= 4 is 23.5 Å². The lowest BCUT2D eigenvalue weighted by atomic mass is 10.1. The van der Waals surface area contributed by atoms with Crippen LogP contribution in [0.4, 0.5) is 10.5 Å². The predicted octanol–water partition coefficient (Wildman–Crippen LogP) is 5.15. The average molecular weight is 340 g/mol. The van der Waals surface area contributed by atoms with Gasteiger partial charge in [0.1, 0.15) is 5.37 Å². The van der Waals surface area contributed by atoms with E-state index in [4.69, 9.17) is 0 Å². The Hall–Kier alpha value is -1.94. The minimum Gasteiger partial charge on any atom is -0.308 e. The summed E-state index contributed by atoms with van der Waals surface area (Å²) in [4.78, 5) is 14.8. The zero-order valence-electron chi connectivity index (χ0n) is 14.5. The first-order valence-electron chi connectivity index (χ1n) is 8.44. The van der Waals surface area contributed by atoms with E-state index in [0.29, 0.717) is 0 Å². The molecule has 1 atom stereocenters. The first-order chi connectivity index (χ1) is 11.6. The fourth-order valence-corrected chi connectivity index (χ4v) is 4.53. The van der Waals surface area contributed by atoms with Crippen LogP contribution in [0.5, 0.6) is 0 Å². The van der Waals surface area contributed by atoms with E-state index in [2.05, 4.69) is 50.4 Å². The molecule has 3 rings (SSSR count). The largest absolute Gasteiger partial charge is 0.323 e. The molecule has 1 N–H and O–H groups in total. The number of anilines is 1. The standard InChI is InChI=1S/C20H24N2OS/c1-4-16-7-5-6-8-18(16)21-20(23)22-11-12-24-19(22)17-10-9-14(2)13-15(17)3/h5-10,13,19H,4,11-12H2,1-3H3,(H,21,23). The molecule has 1 aliphatic heterocycles. The number of rotatable bonds is 3. The maximum absolute atomic E-state index is 12.8. The number of carbonyl (C=O) groups is 1. The maximum Gasteiger partial charge on any atom is 0.323 e. The van der Waals surface area contributed by atoms with E-state index in [1.165, 1.54) is 22.3 Å². The number of thioether (sulfide) groups is 1. The zero-order valence-corrected chi connectivity index (χ0v) is 15.3. The van der Waals surface area contributed by atoms with Crippen molar-refractivity contribution in [2.24, 2.45) is 0 Å². The fraction of sp³-hybridized carbons (Fsp3) is 0.350. The number of nitrogens with zero attached hydrogens (tertiary/aromatic N) is 1. The minimum absolute atomic E-state index is 0.00845. The molecule has 1 aliphatic rings. The van der Waals surface area contributed by atoms with E-state index < -0.39 is 0 Å². The Kier molecular flexibility index (Phi) is 5.14. The third kappa shape index (κ3) is 3.44. The topological polar surface area (TPSA) is 32.3 Å². The van der Waals surface area contributed by atoms with Gasteiger partial charge < -0.3 is 10.2 Å². The number of hydrogen-bond donors (Lipinski definition) is 1. The lowest BCUT2D eigenvalue weighted by molar-refractivity contribution is 0.214. The van der Waals surface area contributed by atoms with Gasteiger partial charge in [-0.05, 0) is 43.0 Å². The van der Waals surface area contributed by atoms with E-state index in [1.807, 2.05) is 34.9 Å². The zero-order chi connectivity index (χ0) is 17.1. The molecule has 3 nitrogen and oxygen atoms in total. The first-order valence-corrected chi connectivity index (χ1v) is 9.49. The highest BCUT2D eigenvalue weighted by Gasteiger charge is 2.31. The predicted molar refractivity (Wildman–Crippen MR) is 103 cm³/mol. The Morgan fingerprint density at radius 1 is 1.25 bits per heavy atom. The molecule has 126 valence electrons. The molecule has 2 aromatic carbocycles. The minimum atomic E-state index is -0.00845. The summed E-state index contributed by atoms with van der Waals surface area (Å²) in [5.74, 6) is 0.973. The summed E-state index contributed by atoms with van der Waals surface area (Å²) in [5, 5.41) is 3.20. The van der Waals surface area contributed by atoms with E-state index in [0.717, 1.165) is 24.4 Å². The Morgan fingerprint density at radius 2 is 2.04 bits per heavy atom. The number of nitrogens with one attached hydrogen (secondary N) is 1. The summed E-state index contributed by atoms with van der Waals surface area (Å²) in [7, 11) is 0. The molecule has 0 saturated carbocycles. The summed E-state index contributed by atoms with van der Waals surface area (Å²) in [6.07, 6.45) is 0.908. The van der Waals surface area contributed by atoms with Gasteiger partial charge in [-0.15, -0.1) is 11.8 Å². The lowest BCUT2D eigenvalue weighted by Crippen LogP contribution is -2.34. The number of urea groups is 1. The van der Waals surface area contributed by atoms with Crippen LogP contribution in [0.3, 0.4) is 0 Å². The van der Waals surface area contributed by atoms with Gasteiger partial charge in [-0.2, -0.15) is 0 Å². The molecule has 2 aromatic rings. The Morgan fingerprint density at radius 3 is 2.79 bits per heavy atom. The number of carbonyl (C=O) groups excluding carboxylic acids is 1. The molecular weight excluding hydrogens is 316 g/mol. The monoisotopic (exact) mass is 340 g/mol. The number of hydrogen-bond acceptors (Lipinski definition) is 2. The summed E-state index contributed by atoms with van der Waals surface area (Å²) in [5.41, 5.74) is 5.83. The van der Waals surface area contributed by atoms with Gasteiger partial charge in [0.15, 0.2) is 0 Å². The van der Waals surface area contributed by atoms with E-state index >= 15 is 0 Å². The quantitative estimate of drug-likeness (QED) is 0.838. The molecule has 0 bridgehead atoms. The van der Waals surface area contributed by atoms with E-state index in [-0.39, 0.29) is 11.4 Å². The SMILES string of the molecule is CCc1ccccc1NC(=O)N1CCSC1c1ccc(C)cc1C. The fourth-order valence-electron chi connectivity index (χ4n) is 3.18. The molecule has 0 aromatic heterocycles. The van der Waals surface area contributed by atoms with Crippen molar-refractivity contribution in [1.29, 1.82) is 0 Å². The molecule has 1 unspecified atom stereocenters. The first kappa shape index (κ1) is 16.9. The molecule has 0 spiro atoms. The third-order valence-electron chi connectivity index (χ3n) is 4.48. The van der Waals surface area contributed by atoms with Crippen LogP contribution in [0.15, 0.2) is 42.5 Å². The normalized spacial score (nSPS) is 17.1. The van der Waals surface area contributed by atoms with Gasteiger partial charge in [0.25, 0.3) is 0 Å². The molecule has 0 radical (unpaired) electrons. The van der Waals surface area contributed by atoms with Crippen LogP contribution in [-0.2, 0) is 6.42 Å². The van der Waals surface area contributed by atoms with Crippen molar-refractivity contribution in [2.75, 3.05) is 17.6 Å². The van der Waals surface area contributed by atoms with Gasteiger partial charge in [-0.1, -0.05) is 48.9 Å². The van der Waals surface area contributed by atoms with Crippen LogP contribution < -0.4 is 5.32 Å². The number of benzene rings is 2. The van der Waals surface area contributed by atoms with Gasteiger partial charge in [0.2, 0.25) is 0 Å². The number of amides is 2. The second-order valence-corrected chi connectivity index (χ2v) is 7.41. The van der Waals surface area contributed by atoms with Crippen LogP contribution in [0, 0.1) is 13.8 Å². The third-order valence-corrected chi connectivity index (χ3v) is 5.73. The molecule has 24 heavy (non-hydrogen) atoms. The molecule has 2 amide bonds. The van der Waals surface area contributed by atoms with Crippen molar-refractivity contribution in [2.45, 2.75) is 32.6 Å². The summed E-state index contributed by atoms with van der Waals surface area (Å²) < 4.78 is 0. The highest BCUT2D eigenvalue weighted by molar-refractivity contribution is 7.99. The van der Waals surface area contributed by atoms with Crippen molar-refractivity contribution < 1.29 is 4.79 Å². The molecule has 1 fully saturated rings. The Bertz CT molecular complexity index is 744. The van der Waals surface area contributed by atoms with Crippen molar-refractivity contribution in [1.82, 2.24) is 4.90 Å². The van der Waals surface area contributed by atoms with Crippen LogP contribution >= 0.6 is 11.8 Å². The summed E-state index contributed by atoms with van der Waals surface area (Å²) in [6, 6.07) is 14.5. The number of aryl methyl sites for hydroxylation is 3. The van der Waals surface area contributed by atoms with Crippen molar-refractivity contribution in [3.63, 3.8) is 0 Å². The molecule has 0 aliphatic carbocycles. The highest BCUT2D eigenvalue weighted by atomic mass is 32.2. The van der Waals surface area contributed by atoms with Gasteiger partial charge in [-0.25, -0.2) is 4.79 Å². The number of para-hydroxylation sites is 1. The van der Waals surface area contributed by atoms with E-state index in [9.17, 15) is 4.79 Å². The Labute approximate surface area is 148 Å². The summed E-state index contributed by atoms with van der Waals surface area (Å²) >= 11 is 1.84. The highest BCUT2D eigenvalue weighted by Crippen LogP contribution is 2.39. The maximum atomic E-state index is 12.8. The van der Waals surface area contributed by atoms with Crippen LogP contribution in [0.25, 0.3) is 0 Å². The van der Waals surface area contributed by atoms with Crippen LogP contribution in [-0.4, -0.2) is 23.2 Å². The smallest absolute Gasteiger partial charge is 0.308 e. The average Bonchev–Trinajstić information content (AvgIpc) is 3.05. The van der Waals surface area contributed by atoms with Crippen molar-refractivity contribution in [3.8, 4) is 0 Å². The second-order valence-electron chi connectivity index (χ2n) is 6.22. The van der Waals surface area contributed by atoms with Gasteiger partial charge in [0, 0.05) is 18.0 Å².